The number of halogens is 1. The standard InChI is InChI=1S/C11H18ClN3O/c1-5-7(2)13-11(16)9(4)15-6-10(12)8(3)14-15/h6-7,9H,5H2,1-4H3,(H,13,16). The summed E-state index contributed by atoms with van der Waals surface area (Å²) >= 11 is 5.90. The Kier molecular flexibility index (Phi) is 4.35. The Morgan fingerprint density at radius 3 is 2.69 bits per heavy atom. The van der Waals surface area contributed by atoms with Gasteiger partial charge in [0.15, 0.2) is 0 Å². The highest BCUT2D eigenvalue weighted by atomic mass is 35.5. The number of hydrogen-bond donors (Lipinski definition) is 1. The molecular formula is C11H18ClN3O. The van der Waals surface area contributed by atoms with E-state index in [0.717, 1.165) is 12.1 Å². The fraction of sp³-hybridized carbons (Fsp3) is 0.636. The van der Waals surface area contributed by atoms with E-state index in [0.29, 0.717) is 5.02 Å². The molecule has 16 heavy (non-hydrogen) atoms. The van der Waals surface area contributed by atoms with Crippen LogP contribution in [0.1, 0.15) is 38.9 Å². The molecule has 5 heteroatoms. The summed E-state index contributed by atoms with van der Waals surface area (Å²) in [5.41, 5.74) is 0.741. The highest BCUT2D eigenvalue weighted by Crippen LogP contribution is 2.15. The number of carbonyl (C=O) groups excluding carboxylic acids is 1. The van der Waals surface area contributed by atoms with Gasteiger partial charge in [-0.3, -0.25) is 9.48 Å². The minimum atomic E-state index is -0.333. The van der Waals surface area contributed by atoms with Gasteiger partial charge >= 0.3 is 0 Å². The molecule has 2 atom stereocenters. The minimum Gasteiger partial charge on any atom is -0.352 e. The van der Waals surface area contributed by atoms with Crippen molar-refractivity contribution in [1.82, 2.24) is 15.1 Å². The molecule has 0 saturated carbocycles. The monoisotopic (exact) mass is 243 g/mol. The summed E-state index contributed by atoms with van der Waals surface area (Å²) in [7, 11) is 0. The fourth-order valence-electron chi connectivity index (χ4n) is 1.24. The Morgan fingerprint density at radius 1 is 1.62 bits per heavy atom. The van der Waals surface area contributed by atoms with Gasteiger partial charge in [-0.2, -0.15) is 5.10 Å². The maximum atomic E-state index is 11.8. The van der Waals surface area contributed by atoms with Crippen LogP contribution in [0.2, 0.25) is 5.02 Å². The second-order valence-corrected chi connectivity index (χ2v) is 4.44. The van der Waals surface area contributed by atoms with E-state index in [-0.39, 0.29) is 18.0 Å². The van der Waals surface area contributed by atoms with Crippen molar-refractivity contribution in [3.63, 3.8) is 0 Å². The van der Waals surface area contributed by atoms with Gasteiger partial charge in [-0.1, -0.05) is 18.5 Å². The summed E-state index contributed by atoms with van der Waals surface area (Å²) in [4.78, 5) is 11.8. The van der Waals surface area contributed by atoms with Crippen molar-refractivity contribution in [3.05, 3.63) is 16.9 Å². The lowest BCUT2D eigenvalue weighted by molar-refractivity contribution is -0.124. The van der Waals surface area contributed by atoms with E-state index in [9.17, 15) is 4.79 Å². The number of carbonyl (C=O) groups is 1. The molecule has 0 aliphatic carbocycles. The first-order valence-electron chi connectivity index (χ1n) is 5.47. The minimum absolute atomic E-state index is 0.0338. The first kappa shape index (κ1) is 13.0. The quantitative estimate of drug-likeness (QED) is 0.882. The van der Waals surface area contributed by atoms with Crippen LogP contribution < -0.4 is 5.32 Å². The van der Waals surface area contributed by atoms with Crippen molar-refractivity contribution in [3.8, 4) is 0 Å². The normalized spacial score (nSPS) is 14.6. The third-order valence-corrected chi connectivity index (χ3v) is 3.01. The zero-order chi connectivity index (χ0) is 12.3. The predicted molar refractivity (Wildman–Crippen MR) is 64.6 cm³/mol. The van der Waals surface area contributed by atoms with Crippen LogP contribution in [0.5, 0.6) is 0 Å². The summed E-state index contributed by atoms with van der Waals surface area (Å²) in [6, 6.07) is -0.151. The van der Waals surface area contributed by atoms with Crippen LogP contribution in [0.25, 0.3) is 0 Å². The predicted octanol–water partition coefficient (Wildman–Crippen LogP) is 2.32. The molecule has 0 spiro atoms. The van der Waals surface area contributed by atoms with Gasteiger partial charge in [-0.25, -0.2) is 0 Å². The average Bonchev–Trinajstić information content (AvgIpc) is 2.57. The molecule has 0 aromatic carbocycles. The molecule has 4 nitrogen and oxygen atoms in total. The van der Waals surface area contributed by atoms with E-state index in [2.05, 4.69) is 10.4 Å². The van der Waals surface area contributed by atoms with Crippen LogP contribution in [-0.4, -0.2) is 21.7 Å². The van der Waals surface area contributed by atoms with Gasteiger partial charge in [-0.05, 0) is 27.2 Å². The molecule has 0 aliphatic heterocycles. The highest BCUT2D eigenvalue weighted by Gasteiger charge is 2.18. The topological polar surface area (TPSA) is 46.9 Å². The van der Waals surface area contributed by atoms with Crippen LogP contribution in [0, 0.1) is 6.92 Å². The van der Waals surface area contributed by atoms with Gasteiger partial charge in [0, 0.05) is 12.2 Å². The van der Waals surface area contributed by atoms with E-state index in [1.54, 1.807) is 17.8 Å². The molecule has 1 N–H and O–H groups in total. The molecular weight excluding hydrogens is 226 g/mol. The second kappa shape index (κ2) is 5.34. The van der Waals surface area contributed by atoms with Crippen LogP contribution in [0.15, 0.2) is 6.20 Å². The Balaban J connectivity index is 2.70. The molecule has 1 heterocycles. The average molecular weight is 244 g/mol. The van der Waals surface area contributed by atoms with Gasteiger partial charge in [0.2, 0.25) is 5.91 Å². The summed E-state index contributed by atoms with van der Waals surface area (Å²) in [6.07, 6.45) is 2.59. The third kappa shape index (κ3) is 2.98. The SMILES string of the molecule is CCC(C)NC(=O)C(C)n1cc(Cl)c(C)n1. The zero-order valence-electron chi connectivity index (χ0n) is 10.1. The van der Waals surface area contributed by atoms with Crippen molar-refractivity contribution >= 4 is 17.5 Å². The van der Waals surface area contributed by atoms with Crippen molar-refractivity contribution in [2.24, 2.45) is 0 Å². The first-order valence-corrected chi connectivity index (χ1v) is 5.85. The van der Waals surface area contributed by atoms with Crippen molar-refractivity contribution in [1.29, 1.82) is 0 Å². The molecule has 1 amide bonds. The largest absolute Gasteiger partial charge is 0.352 e. The van der Waals surface area contributed by atoms with Gasteiger partial charge in [0.1, 0.15) is 6.04 Å². The zero-order valence-corrected chi connectivity index (χ0v) is 10.9. The Bertz CT molecular complexity index is 356. The van der Waals surface area contributed by atoms with Gasteiger partial charge in [-0.15, -0.1) is 0 Å². The molecule has 0 bridgehead atoms. The third-order valence-electron chi connectivity index (χ3n) is 2.63. The summed E-state index contributed by atoms with van der Waals surface area (Å²) < 4.78 is 1.59. The van der Waals surface area contributed by atoms with Gasteiger partial charge in [0.25, 0.3) is 0 Å². The molecule has 0 fully saturated rings. The van der Waals surface area contributed by atoms with Crippen molar-refractivity contribution < 1.29 is 4.79 Å². The number of aromatic nitrogens is 2. The van der Waals surface area contributed by atoms with Gasteiger partial charge < -0.3 is 5.32 Å². The summed E-state index contributed by atoms with van der Waals surface area (Å²) in [5.74, 6) is -0.0338. The number of rotatable bonds is 4. The van der Waals surface area contributed by atoms with Crippen molar-refractivity contribution in [2.75, 3.05) is 0 Å². The number of hydrogen-bond acceptors (Lipinski definition) is 2. The first-order chi connectivity index (χ1) is 7.45. The Morgan fingerprint density at radius 2 is 2.25 bits per heavy atom. The second-order valence-electron chi connectivity index (χ2n) is 4.04. The maximum absolute atomic E-state index is 11.8. The van der Waals surface area contributed by atoms with E-state index < -0.39 is 0 Å². The molecule has 1 aromatic rings. The number of nitrogens with one attached hydrogen (secondary N) is 1. The van der Waals surface area contributed by atoms with Crippen LogP contribution in [0.4, 0.5) is 0 Å². The van der Waals surface area contributed by atoms with E-state index in [1.807, 2.05) is 20.8 Å². The number of nitrogens with zero attached hydrogens (tertiary/aromatic N) is 2. The molecule has 0 saturated heterocycles. The summed E-state index contributed by atoms with van der Waals surface area (Å²) in [5, 5.41) is 7.69. The van der Waals surface area contributed by atoms with E-state index >= 15 is 0 Å². The van der Waals surface area contributed by atoms with E-state index in [4.69, 9.17) is 11.6 Å². The highest BCUT2D eigenvalue weighted by molar-refractivity contribution is 6.31. The maximum Gasteiger partial charge on any atom is 0.244 e. The number of aryl methyl sites for hydroxylation is 1. The van der Waals surface area contributed by atoms with Crippen LogP contribution >= 0.6 is 11.6 Å². The van der Waals surface area contributed by atoms with Crippen LogP contribution in [0.3, 0.4) is 0 Å². The summed E-state index contributed by atoms with van der Waals surface area (Å²) in [6.45, 7) is 7.63. The lowest BCUT2D eigenvalue weighted by atomic mass is 10.2. The van der Waals surface area contributed by atoms with E-state index in [1.165, 1.54) is 0 Å². The lowest BCUT2D eigenvalue weighted by Gasteiger charge is -2.16. The molecule has 0 aliphatic rings. The molecule has 0 radical (unpaired) electrons. The molecule has 2 unspecified atom stereocenters. The number of amides is 1. The smallest absolute Gasteiger partial charge is 0.244 e. The molecule has 1 aromatic heterocycles. The van der Waals surface area contributed by atoms with Crippen molar-refractivity contribution in [2.45, 2.75) is 46.2 Å². The fourth-order valence-corrected chi connectivity index (χ4v) is 1.38. The molecule has 90 valence electrons. The van der Waals surface area contributed by atoms with Crippen LogP contribution in [-0.2, 0) is 4.79 Å². The van der Waals surface area contributed by atoms with Gasteiger partial charge in [0.05, 0.1) is 10.7 Å². The Labute approximate surface area is 101 Å². The molecule has 1 rings (SSSR count). The Hall–Kier alpha value is -1.03. The lowest BCUT2D eigenvalue weighted by Crippen LogP contribution is -2.37.